The number of carbonyl (C=O) groups excluding carboxylic acids is 1. The number of ketones is 1. The summed E-state index contributed by atoms with van der Waals surface area (Å²) in [5.74, 6) is -1.11. The van der Waals surface area contributed by atoms with Crippen molar-refractivity contribution in [3.05, 3.63) is 28.5 Å². The summed E-state index contributed by atoms with van der Waals surface area (Å²) in [6, 6.07) is 3.31. The van der Waals surface area contributed by atoms with Crippen molar-refractivity contribution >= 4 is 21.7 Å². The first-order valence-corrected chi connectivity index (χ1v) is 4.31. The van der Waals surface area contributed by atoms with Crippen molar-refractivity contribution in [1.82, 2.24) is 4.98 Å². The first-order chi connectivity index (χ1) is 6.11. The quantitative estimate of drug-likeness (QED) is 0.823. The fourth-order valence-corrected chi connectivity index (χ4v) is 1.19. The molecule has 0 N–H and O–H groups in total. The second kappa shape index (κ2) is 4.41. The second-order valence-electron chi connectivity index (χ2n) is 2.38. The van der Waals surface area contributed by atoms with Crippen LogP contribution in [0.1, 0.15) is 5.69 Å². The number of halogens is 3. The summed E-state index contributed by atoms with van der Waals surface area (Å²) < 4.78 is 24.3. The van der Waals surface area contributed by atoms with E-state index in [0.29, 0.717) is 10.2 Å². The summed E-state index contributed by atoms with van der Waals surface area (Å²) in [5.41, 5.74) is 0.341. The zero-order chi connectivity index (χ0) is 9.84. The second-order valence-corrected chi connectivity index (χ2v) is 3.23. The fraction of sp³-hybridized carbons (Fsp3) is 0.250. The number of alkyl halides is 2. The van der Waals surface area contributed by atoms with Crippen molar-refractivity contribution in [2.24, 2.45) is 0 Å². The van der Waals surface area contributed by atoms with Crippen LogP contribution in [-0.4, -0.2) is 17.2 Å². The third kappa shape index (κ3) is 2.84. The van der Waals surface area contributed by atoms with Gasteiger partial charge in [0, 0.05) is 10.7 Å². The van der Waals surface area contributed by atoms with E-state index in [-0.39, 0.29) is 6.42 Å². The molecule has 0 saturated heterocycles. The zero-order valence-corrected chi connectivity index (χ0v) is 8.09. The largest absolute Gasteiger partial charge is 0.296 e. The summed E-state index contributed by atoms with van der Waals surface area (Å²) in [6.07, 6.45) is -1.80. The zero-order valence-electron chi connectivity index (χ0n) is 6.51. The molecule has 0 amide bonds. The lowest BCUT2D eigenvalue weighted by Crippen LogP contribution is -2.13. The Bertz CT molecular complexity index is 317. The third-order valence-corrected chi connectivity index (χ3v) is 2.14. The van der Waals surface area contributed by atoms with E-state index in [1.54, 1.807) is 12.1 Å². The smallest absolute Gasteiger partial charge is 0.293 e. The molecule has 13 heavy (non-hydrogen) atoms. The Labute approximate surface area is 82.1 Å². The molecule has 0 bridgehead atoms. The molecule has 1 aromatic rings. The van der Waals surface area contributed by atoms with Crippen LogP contribution in [0.5, 0.6) is 0 Å². The van der Waals surface area contributed by atoms with E-state index in [1.807, 2.05) is 0 Å². The van der Waals surface area contributed by atoms with Crippen molar-refractivity contribution in [3.63, 3.8) is 0 Å². The molecule has 70 valence electrons. The fourth-order valence-electron chi connectivity index (χ4n) is 0.791. The highest BCUT2D eigenvalue weighted by Gasteiger charge is 2.17. The summed E-state index contributed by atoms with van der Waals surface area (Å²) in [4.78, 5) is 14.5. The maximum atomic E-state index is 11.9. The van der Waals surface area contributed by atoms with Gasteiger partial charge in [-0.25, -0.2) is 8.78 Å². The van der Waals surface area contributed by atoms with Gasteiger partial charge in [-0.3, -0.25) is 9.78 Å². The monoisotopic (exact) mass is 249 g/mol. The maximum Gasteiger partial charge on any atom is 0.296 e. The SMILES string of the molecule is O=C(Cc1ncccc1Br)C(F)F. The molecule has 0 radical (unpaired) electrons. The third-order valence-electron chi connectivity index (χ3n) is 1.42. The minimum atomic E-state index is -2.92. The molecule has 0 fully saturated rings. The van der Waals surface area contributed by atoms with E-state index in [9.17, 15) is 13.6 Å². The molecule has 0 unspecified atom stereocenters. The molecule has 1 aromatic heterocycles. The molecular weight excluding hydrogens is 244 g/mol. The number of hydrogen-bond donors (Lipinski definition) is 0. The van der Waals surface area contributed by atoms with Crippen molar-refractivity contribution in [3.8, 4) is 0 Å². The average Bonchev–Trinajstić information content (AvgIpc) is 2.08. The van der Waals surface area contributed by atoms with Gasteiger partial charge in [0.2, 0.25) is 5.78 Å². The lowest BCUT2D eigenvalue weighted by molar-refractivity contribution is -0.128. The molecule has 0 atom stereocenters. The predicted molar refractivity (Wildman–Crippen MR) is 46.7 cm³/mol. The standard InChI is InChI=1S/C8H6BrF2NO/c9-5-2-1-3-12-6(5)4-7(13)8(10)11/h1-3,8H,4H2. The van der Waals surface area contributed by atoms with E-state index in [2.05, 4.69) is 20.9 Å². The number of pyridine rings is 1. The van der Waals surface area contributed by atoms with Crippen molar-refractivity contribution in [2.75, 3.05) is 0 Å². The molecule has 0 aliphatic carbocycles. The van der Waals surface area contributed by atoms with Gasteiger partial charge in [-0.05, 0) is 28.1 Å². The van der Waals surface area contributed by atoms with Crippen LogP contribution in [0.3, 0.4) is 0 Å². The van der Waals surface area contributed by atoms with E-state index in [0.717, 1.165) is 0 Å². The van der Waals surface area contributed by atoms with Crippen LogP contribution in [-0.2, 0) is 11.2 Å². The van der Waals surface area contributed by atoms with Gasteiger partial charge in [0.15, 0.2) is 0 Å². The van der Waals surface area contributed by atoms with Gasteiger partial charge >= 0.3 is 0 Å². The van der Waals surface area contributed by atoms with Crippen LogP contribution < -0.4 is 0 Å². The highest BCUT2D eigenvalue weighted by molar-refractivity contribution is 9.10. The lowest BCUT2D eigenvalue weighted by Gasteiger charge is -2.00. The summed E-state index contributed by atoms with van der Waals surface area (Å²) >= 11 is 3.11. The van der Waals surface area contributed by atoms with Crippen LogP contribution in [0.4, 0.5) is 8.78 Å². The first-order valence-electron chi connectivity index (χ1n) is 3.51. The Kier molecular flexibility index (Phi) is 3.48. The van der Waals surface area contributed by atoms with E-state index < -0.39 is 12.2 Å². The van der Waals surface area contributed by atoms with Crippen LogP contribution in [0.2, 0.25) is 0 Å². The molecule has 0 aliphatic heterocycles. The first kappa shape index (κ1) is 10.2. The molecule has 1 rings (SSSR count). The number of carbonyl (C=O) groups is 1. The van der Waals surface area contributed by atoms with E-state index in [1.165, 1.54) is 6.20 Å². The molecule has 2 nitrogen and oxygen atoms in total. The van der Waals surface area contributed by atoms with Gasteiger partial charge < -0.3 is 0 Å². The Balaban J connectivity index is 2.75. The molecular formula is C8H6BrF2NO. The highest BCUT2D eigenvalue weighted by atomic mass is 79.9. The molecule has 5 heteroatoms. The van der Waals surface area contributed by atoms with Gasteiger partial charge in [-0.1, -0.05) is 0 Å². The lowest BCUT2D eigenvalue weighted by atomic mass is 10.2. The van der Waals surface area contributed by atoms with Gasteiger partial charge in [-0.15, -0.1) is 0 Å². The number of Topliss-reactive ketones (excluding diaryl/α,β-unsaturated/α-hetero) is 1. The maximum absolute atomic E-state index is 11.9. The van der Waals surface area contributed by atoms with Crippen molar-refractivity contribution < 1.29 is 13.6 Å². The summed E-state index contributed by atoms with van der Waals surface area (Å²) in [6.45, 7) is 0. The molecule has 0 spiro atoms. The van der Waals surface area contributed by atoms with Gasteiger partial charge in [0.05, 0.1) is 12.1 Å². The highest BCUT2D eigenvalue weighted by Crippen LogP contribution is 2.14. The topological polar surface area (TPSA) is 30.0 Å². The number of rotatable bonds is 3. The Morgan fingerprint density at radius 2 is 2.31 bits per heavy atom. The predicted octanol–water partition coefficient (Wildman–Crippen LogP) is 2.22. The number of aromatic nitrogens is 1. The summed E-state index contributed by atoms with van der Waals surface area (Å²) in [5, 5.41) is 0. The van der Waals surface area contributed by atoms with Crippen LogP contribution in [0, 0.1) is 0 Å². The number of nitrogens with zero attached hydrogens (tertiary/aromatic N) is 1. The minimum absolute atomic E-state index is 0.334. The normalized spacial score (nSPS) is 10.5. The molecule has 0 aromatic carbocycles. The molecule has 0 saturated carbocycles. The van der Waals surface area contributed by atoms with Gasteiger partial charge in [-0.2, -0.15) is 0 Å². The molecule has 0 aliphatic rings. The minimum Gasteiger partial charge on any atom is -0.293 e. The van der Waals surface area contributed by atoms with Crippen LogP contribution in [0.25, 0.3) is 0 Å². The van der Waals surface area contributed by atoms with Gasteiger partial charge in [0.1, 0.15) is 0 Å². The average molecular weight is 250 g/mol. The van der Waals surface area contributed by atoms with Crippen molar-refractivity contribution in [2.45, 2.75) is 12.8 Å². The van der Waals surface area contributed by atoms with Gasteiger partial charge in [0.25, 0.3) is 6.43 Å². The Morgan fingerprint density at radius 1 is 1.62 bits per heavy atom. The van der Waals surface area contributed by atoms with E-state index >= 15 is 0 Å². The van der Waals surface area contributed by atoms with Crippen LogP contribution in [0.15, 0.2) is 22.8 Å². The molecule has 1 heterocycles. The Morgan fingerprint density at radius 3 is 2.85 bits per heavy atom. The van der Waals surface area contributed by atoms with Crippen molar-refractivity contribution in [1.29, 1.82) is 0 Å². The summed E-state index contributed by atoms with van der Waals surface area (Å²) in [7, 11) is 0. The number of hydrogen-bond acceptors (Lipinski definition) is 2. The van der Waals surface area contributed by atoms with Crippen LogP contribution >= 0.6 is 15.9 Å². The van der Waals surface area contributed by atoms with E-state index in [4.69, 9.17) is 0 Å². The Hall–Kier alpha value is -0.840.